The van der Waals surface area contributed by atoms with Crippen LogP contribution in [0.25, 0.3) is 0 Å². The van der Waals surface area contributed by atoms with Crippen LogP contribution in [0.1, 0.15) is 30.0 Å². The molecular formula is C8H14N4O2. The normalized spacial score (nSPS) is 11.7. The summed E-state index contributed by atoms with van der Waals surface area (Å²) in [5.41, 5.74) is 4.90. The molecule has 0 aliphatic heterocycles. The van der Waals surface area contributed by atoms with Gasteiger partial charge in [-0.1, -0.05) is 5.21 Å². The minimum Gasteiger partial charge on any atom is -0.389 e. The largest absolute Gasteiger partial charge is 0.389 e. The summed E-state index contributed by atoms with van der Waals surface area (Å²) in [7, 11) is 0. The first kappa shape index (κ1) is 10.6. The van der Waals surface area contributed by atoms with Crippen molar-refractivity contribution in [3.8, 4) is 0 Å². The number of amides is 1. The van der Waals surface area contributed by atoms with Crippen LogP contribution < -0.4 is 5.73 Å². The van der Waals surface area contributed by atoms with Crippen molar-refractivity contribution in [3.63, 3.8) is 0 Å². The van der Waals surface area contributed by atoms with Gasteiger partial charge in [-0.05, 0) is 20.8 Å². The maximum absolute atomic E-state index is 10.8. The Balaban J connectivity index is 2.96. The lowest BCUT2D eigenvalue weighted by atomic mass is 10.1. The molecule has 0 radical (unpaired) electrons. The van der Waals surface area contributed by atoms with Gasteiger partial charge in [0.1, 0.15) is 0 Å². The number of aliphatic hydroxyl groups is 1. The Labute approximate surface area is 81.7 Å². The van der Waals surface area contributed by atoms with E-state index >= 15 is 0 Å². The predicted octanol–water partition coefficient (Wildman–Crippen LogP) is -0.544. The van der Waals surface area contributed by atoms with E-state index in [1.807, 2.05) is 0 Å². The standard InChI is InChI=1S/C8H14N4O2/c1-5-6(7(9)13)10-11-12(5)4-8(2,3)14/h14H,4H2,1-3H3,(H2,9,13). The summed E-state index contributed by atoms with van der Waals surface area (Å²) in [4.78, 5) is 10.8. The number of hydrogen-bond acceptors (Lipinski definition) is 4. The van der Waals surface area contributed by atoms with E-state index in [0.717, 1.165) is 0 Å². The highest BCUT2D eigenvalue weighted by atomic mass is 16.3. The highest BCUT2D eigenvalue weighted by Gasteiger charge is 2.19. The Hall–Kier alpha value is -1.43. The minimum atomic E-state index is -0.895. The lowest BCUT2D eigenvalue weighted by molar-refractivity contribution is 0.0564. The van der Waals surface area contributed by atoms with Crippen molar-refractivity contribution >= 4 is 5.91 Å². The fourth-order valence-electron chi connectivity index (χ4n) is 1.10. The zero-order valence-electron chi connectivity index (χ0n) is 8.48. The van der Waals surface area contributed by atoms with Gasteiger partial charge in [-0.2, -0.15) is 0 Å². The minimum absolute atomic E-state index is 0.147. The zero-order valence-corrected chi connectivity index (χ0v) is 8.48. The van der Waals surface area contributed by atoms with Crippen molar-refractivity contribution in [2.45, 2.75) is 32.9 Å². The molecule has 0 saturated heterocycles. The molecule has 0 aromatic carbocycles. The van der Waals surface area contributed by atoms with Crippen LogP contribution in [0.2, 0.25) is 0 Å². The molecule has 3 N–H and O–H groups in total. The van der Waals surface area contributed by atoms with Crippen molar-refractivity contribution in [3.05, 3.63) is 11.4 Å². The first-order valence-corrected chi connectivity index (χ1v) is 4.23. The smallest absolute Gasteiger partial charge is 0.271 e. The molecule has 6 nitrogen and oxygen atoms in total. The van der Waals surface area contributed by atoms with E-state index in [2.05, 4.69) is 10.3 Å². The van der Waals surface area contributed by atoms with E-state index in [-0.39, 0.29) is 12.2 Å². The summed E-state index contributed by atoms with van der Waals surface area (Å²) < 4.78 is 1.46. The number of primary amides is 1. The quantitative estimate of drug-likeness (QED) is 0.681. The molecule has 1 heterocycles. The van der Waals surface area contributed by atoms with Gasteiger partial charge < -0.3 is 10.8 Å². The monoisotopic (exact) mass is 198 g/mol. The number of nitrogens with two attached hydrogens (primary N) is 1. The Morgan fingerprint density at radius 3 is 2.57 bits per heavy atom. The molecule has 14 heavy (non-hydrogen) atoms. The second-order valence-electron chi connectivity index (χ2n) is 3.86. The highest BCUT2D eigenvalue weighted by molar-refractivity contribution is 5.91. The van der Waals surface area contributed by atoms with E-state index in [9.17, 15) is 9.90 Å². The van der Waals surface area contributed by atoms with E-state index in [1.165, 1.54) is 4.68 Å². The van der Waals surface area contributed by atoms with Crippen LogP contribution in [0, 0.1) is 6.92 Å². The summed E-state index contributed by atoms with van der Waals surface area (Å²) in [6.07, 6.45) is 0. The third-order valence-electron chi connectivity index (χ3n) is 1.75. The molecule has 78 valence electrons. The van der Waals surface area contributed by atoms with Crippen LogP contribution >= 0.6 is 0 Å². The van der Waals surface area contributed by atoms with E-state index in [0.29, 0.717) is 5.69 Å². The van der Waals surface area contributed by atoms with Crippen LogP contribution in [0.4, 0.5) is 0 Å². The van der Waals surface area contributed by atoms with Gasteiger partial charge in [-0.3, -0.25) is 4.79 Å². The average Bonchev–Trinajstić information content (AvgIpc) is 2.29. The second kappa shape index (κ2) is 3.38. The van der Waals surface area contributed by atoms with Crippen molar-refractivity contribution in [1.29, 1.82) is 0 Å². The molecule has 1 aromatic heterocycles. The fourth-order valence-corrected chi connectivity index (χ4v) is 1.10. The number of aromatic nitrogens is 3. The van der Waals surface area contributed by atoms with Crippen molar-refractivity contribution < 1.29 is 9.90 Å². The highest BCUT2D eigenvalue weighted by Crippen LogP contribution is 2.09. The maximum atomic E-state index is 10.8. The summed E-state index contributed by atoms with van der Waals surface area (Å²) in [6, 6.07) is 0. The summed E-state index contributed by atoms with van der Waals surface area (Å²) >= 11 is 0. The van der Waals surface area contributed by atoms with Gasteiger partial charge in [0, 0.05) is 0 Å². The molecule has 0 unspecified atom stereocenters. The maximum Gasteiger partial charge on any atom is 0.271 e. The van der Waals surface area contributed by atoms with Gasteiger partial charge in [-0.25, -0.2) is 4.68 Å². The molecule has 0 bridgehead atoms. The van der Waals surface area contributed by atoms with Crippen molar-refractivity contribution in [2.75, 3.05) is 0 Å². The predicted molar refractivity (Wildman–Crippen MR) is 49.6 cm³/mol. The lowest BCUT2D eigenvalue weighted by Gasteiger charge is -2.17. The van der Waals surface area contributed by atoms with Crippen LogP contribution in [0.3, 0.4) is 0 Å². The summed E-state index contributed by atoms with van der Waals surface area (Å²) in [6.45, 7) is 5.26. The average molecular weight is 198 g/mol. The lowest BCUT2D eigenvalue weighted by Crippen LogP contribution is -2.27. The summed E-state index contributed by atoms with van der Waals surface area (Å²) in [5, 5.41) is 16.9. The molecule has 1 rings (SSSR count). The molecule has 6 heteroatoms. The van der Waals surface area contributed by atoms with Crippen LogP contribution in [0.5, 0.6) is 0 Å². The first-order valence-electron chi connectivity index (χ1n) is 4.23. The zero-order chi connectivity index (χ0) is 10.9. The van der Waals surface area contributed by atoms with Crippen molar-refractivity contribution in [2.24, 2.45) is 5.73 Å². The van der Waals surface area contributed by atoms with Gasteiger partial charge in [-0.15, -0.1) is 5.10 Å². The van der Waals surface area contributed by atoms with Gasteiger partial charge in [0.2, 0.25) is 0 Å². The van der Waals surface area contributed by atoms with E-state index in [4.69, 9.17) is 5.73 Å². The molecule has 0 atom stereocenters. The third kappa shape index (κ3) is 2.29. The SMILES string of the molecule is Cc1c(C(N)=O)nnn1CC(C)(C)O. The van der Waals surface area contributed by atoms with Gasteiger partial charge >= 0.3 is 0 Å². The van der Waals surface area contributed by atoms with Crippen LogP contribution in [-0.4, -0.2) is 31.6 Å². The van der Waals surface area contributed by atoms with Gasteiger partial charge in [0.15, 0.2) is 5.69 Å². The number of carbonyl (C=O) groups excluding carboxylic acids is 1. The molecule has 1 aromatic rings. The fraction of sp³-hybridized carbons (Fsp3) is 0.625. The molecule has 1 amide bonds. The summed E-state index contributed by atoms with van der Waals surface area (Å²) in [5.74, 6) is -0.607. The molecule has 0 fully saturated rings. The topological polar surface area (TPSA) is 94.0 Å². The molecule has 0 saturated carbocycles. The van der Waals surface area contributed by atoms with Crippen LogP contribution in [0.15, 0.2) is 0 Å². The Bertz CT molecular complexity index is 351. The molecule has 0 aliphatic carbocycles. The number of nitrogens with zero attached hydrogens (tertiary/aromatic N) is 3. The number of hydrogen-bond donors (Lipinski definition) is 2. The van der Waals surface area contributed by atoms with Gasteiger partial charge in [0.05, 0.1) is 17.8 Å². The van der Waals surface area contributed by atoms with E-state index < -0.39 is 11.5 Å². The Morgan fingerprint density at radius 2 is 2.21 bits per heavy atom. The molecule has 0 spiro atoms. The van der Waals surface area contributed by atoms with Crippen LogP contribution in [-0.2, 0) is 6.54 Å². The van der Waals surface area contributed by atoms with E-state index in [1.54, 1.807) is 20.8 Å². The first-order chi connectivity index (χ1) is 6.31. The molecular weight excluding hydrogens is 184 g/mol. The number of carbonyl (C=O) groups is 1. The molecule has 0 aliphatic rings. The Morgan fingerprint density at radius 1 is 1.64 bits per heavy atom. The third-order valence-corrected chi connectivity index (χ3v) is 1.75. The second-order valence-corrected chi connectivity index (χ2v) is 3.86. The number of rotatable bonds is 3. The van der Waals surface area contributed by atoms with Gasteiger partial charge in [0.25, 0.3) is 5.91 Å². The van der Waals surface area contributed by atoms with Crippen molar-refractivity contribution in [1.82, 2.24) is 15.0 Å². The Kier molecular flexibility index (Phi) is 2.57.